The summed E-state index contributed by atoms with van der Waals surface area (Å²) in [5, 5.41) is 0. The molecule has 0 saturated heterocycles. The van der Waals surface area contributed by atoms with Crippen molar-refractivity contribution in [2.75, 3.05) is 14.2 Å². The quantitative estimate of drug-likeness (QED) is 0.829. The molecule has 130 valence electrons. The first-order valence-electron chi connectivity index (χ1n) is 6.44. The van der Waals surface area contributed by atoms with Crippen LogP contribution < -0.4 is 4.72 Å². The highest BCUT2D eigenvalue weighted by molar-refractivity contribution is 7.89. The summed E-state index contributed by atoms with van der Waals surface area (Å²) >= 11 is 0.0441. The molecule has 24 heavy (non-hydrogen) atoms. The van der Waals surface area contributed by atoms with Crippen LogP contribution in [0, 0.1) is 0 Å². The number of ether oxygens (including phenoxy) is 1. The predicted octanol–water partition coefficient (Wildman–Crippen LogP) is 3.13. The van der Waals surface area contributed by atoms with Crippen molar-refractivity contribution in [2.24, 2.45) is 0 Å². The second-order valence-electron chi connectivity index (χ2n) is 4.53. The van der Waals surface area contributed by atoms with E-state index in [1.807, 2.05) is 4.72 Å². The van der Waals surface area contributed by atoms with Crippen LogP contribution in [0.5, 0.6) is 0 Å². The third kappa shape index (κ3) is 3.30. The van der Waals surface area contributed by atoms with Gasteiger partial charge in [0.1, 0.15) is 14.6 Å². The Morgan fingerprint density at radius 2 is 1.79 bits per heavy atom. The number of thiophene rings is 1. The summed E-state index contributed by atoms with van der Waals surface area (Å²) in [6.07, 6.45) is -4.83. The van der Waals surface area contributed by atoms with Gasteiger partial charge < -0.3 is 4.74 Å². The number of benzene rings is 1. The fourth-order valence-electron chi connectivity index (χ4n) is 2.07. The van der Waals surface area contributed by atoms with Gasteiger partial charge in [-0.25, -0.2) is 17.9 Å². The molecule has 0 atom stereocenters. The number of carbonyl (C=O) groups excluding carboxylic acids is 1. The summed E-state index contributed by atoms with van der Waals surface area (Å²) in [6.45, 7) is 0. The molecule has 1 N–H and O–H groups in total. The van der Waals surface area contributed by atoms with Crippen LogP contribution in [0.3, 0.4) is 0 Å². The molecule has 1 heterocycles. The number of nitrogens with one attached hydrogen (secondary N) is 1. The molecule has 2 aromatic rings. The summed E-state index contributed by atoms with van der Waals surface area (Å²) in [6, 6.07) is 7.21. The van der Waals surface area contributed by atoms with Crippen molar-refractivity contribution in [2.45, 2.75) is 11.1 Å². The summed E-state index contributed by atoms with van der Waals surface area (Å²) < 4.78 is 71.3. The van der Waals surface area contributed by atoms with Gasteiger partial charge in [-0.2, -0.15) is 13.2 Å². The van der Waals surface area contributed by atoms with Gasteiger partial charge in [-0.15, -0.1) is 11.3 Å². The van der Waals surface area contributed by atoms with Gasteiger partial charge in [-0.1, -0.05) is 30.3 Å². The number of halogens is 3. The van der Waals surface area contributed by atoms with Crippen molar-refractivity contribution in [3.8, 4) is 11.1 Å². The van der Waals surface area contributed by atoms with E-state index in [4.69, 9.17) is 0 Å². The highest BCUT2D eigenvalue weighted by Crippen LogP contribution is 2.47. The maximum Gasteiger partial charge on any atom is 0.426 e. The number of esters is 1. The lowest BCUT2D eigenvalue weighted by atomic mass is 10.1. The molecular weight excluding hydrogens is 367 g/mol. The Kier molecular flexibility index (Phi) is 5.02. The van der Waals surface area contributed by atoms with Crippen molar-refractivity contribution >= 4 is 27.3 Å². The summed E-state index contributed by atoms with van der Waals surface area (Å²) in [7, 11) is -2.33. The molecule has 0 radical (unpaired) electrons. The van der Waals surface area contributed by atoms with Crippen LogP contribution in [-0.2, 0) is 20.9 Å². The van der Waals surface area contributed by atoms with Crippen molar-refractivity contribution in [3.05, 3.63) is 40.1 Å². The van der Waals surface area contributed by atoms with Gasteiger partial charge >= 0.3 is 12.1 Å². The van der Waals surface area contributed by atoms with E-state index in [2.05, 4.69) is 4.74 Å². The van der Waals surface area contributed by atoms with Crippen LogP contribution in [0.15, 0.2) is 35.2 Å². The lowest BCUT2D eigenvalue weighted by molar-refractivity contribution is -0.133. The van der Waals surface area contributed by atoms with Gasteiger partial charge in [-0.3, -0.25) is 0 Å². The standard InChI is InChI=1S/C14H12F3NO4S2/c1-18-24(20,21)11-9(8-6-4-3-5-7-8)12(14(15,16)17)23-10(11)13(19)22-2/h3-7,18H,1-2H3. The molecule has 0 aliphatic carbocycles. The van der Waals surface area contributed by atoms with Gasteiger partial charge in [0.05, 0.1) is 7.11 Å². The minimum atomic E-state index is -4.83. The third-order valence-corrected chi connectivity index (χ3v) is 5.92. The van der Waals surface area contributed by atoms with E-state index in [1.165, 1.54) is 24.3 Å². The third-order valence-electron chi connectivity index (χ3n) is 3.09. The Morgan fingerprint density at radius 1 is 1.21 bits per heavy atom. The zero-order valence-corrected chi connectivity index (χ0v) is 14.1. The Labute approximate surface area is 140 Å². The van der Waals surface area contributed by atoms with Crippen LogP contribution in [0.25, 0.3) is 11.1 Å². The van der Waals surface area contributed by atoms with E-state index in [-0.39, 0.29) is 16.9 Å². The van der Waals surface area contributed by atoms with Crippen LogP contribution in [0.1, 0.15) is 14.5 Å². The Hall–Kier alpha value is -1.91. The first-order valence-corrected chi connectivity index (χ1v) is 8.74. The second kappa shape index (κ2) is 6.54. The first-order chi connectivity index (χ1) is 11.1. The van der Waals surface area contributed by atoms with Crippen molar-refractivity contribution < 1.29 is 31.1 Å². The Bertz CT molecular complexity index is 858. The molecule has 1 aromatic carbocycles. The Balaban J connectivity index is 2.98. The summed E-state index contributed by atoms with van der Waals surface area (Å²) in [5.74, 6) is -1.15. The largest absolute Gasteiger partial charge is 0.465 e. The van der Waals surface area contributed by atoms with Gasteiger partial charge in [-0.05, 0) is 12.6 Å². The average Bonchev–Trinajstić information content (AvgIpc) is 2.96. The molecule has 0 aliphatic heterocycles. The lowest BCUT2D eigenvalue weighted by Crippen LogP contribution is -2.21. The number of carbonyl (C=O) groups is 1. The zero-order valence-electron chi connectivity index (χ0n) is 12.5. The van der Waals surface area contributed by atoms with E-state index in [0.717, 1.165) is 14.2 Å². The van der Waals surface area contributed by atoms with E-state index in [9.17, 15) is 26.4 Å². The number of alkyl halides is 3. The molecule has 0 unspecified atom stereocenters. The van der Waals surface area contributed by atoms with Crippen LogP contribution in [0.4, 0.5) is 13.2 Å². The fourth-order valence-corrected chi connectivity index (χ4v) is 4.61. The van der Waals surface area contributed by atoms with Gasteiger partial charge in [0.2, 0.25) is 10.0 Å². The molecule has 2 rings (SSSR count). The smallest absolute Gasteiger partial charge is 0.426 e. The molecular formula is C14H12F3NO4S2. The fraction of sp³-hybridized carbons (Fsp3) is 0.214. The molecule has 0 fully saturated rings. The van der Waals surface area contributed by atoms with Crippen LogP contribution in [0.2, 0.25) is 0 Å². The topological polar surface area (TPSA) is 72.5 Å². The Morgan fingerprint density at radius 3 is 2.25 bits per heavy atom. The monoisotopic (exact) mass is 379 g/mol. The van der Waals surface area contributed by atoms with E-state index in [1.54, 1.807) is 6.07 Å². The van der Waals surface area contributed by atoms with Gasteiger partial charge in [0.25, 0.3) is 0 Å². The summed E-state index contributed by atoms with van der Waals surface area (Å²) in [4.78, 5) is 9.31. The van der Waals surface area contributed by atoms with Crippen molar-refractivity contribution in [1.82, 2.24) is 4.72 Å². The molecule has 1 aromatic heterocycles. The van der Waals surface area contributed by atoms with E-state index >= 15 is 0 Å². The molecule has 0 amide bonds. The number of hydrogen-bond acceptors (Lipinski definition) is 5. The van der Waals surface area contributed by atoms with E-state index in [0.29, 0.717) is 0 Å². The molecule has 5 nitrogen and oxygen atoms in total. The van der Waals surface area contributed by atoms with E-state index < -0.39 is 42.4 Å². The predicted molar refractivity (Wildman–Crippen MR) is 82.3 cm³/mol. The average molecular weight is 379 g/mol. The molecule has 10 heteroatoms. The molecule has 0 spiro atoms. The van der Waals surface area contributed by atoms with Crippen LogP contribution in [-0.4, -0.2) is 28.5 Å². The molecule has 0 saturated carbocycles. The maximum absolute atomic E-state index is 13.4. The highest BCUT2D eigenvalue weighted by Gasteiger charge is 2.42. The first kappa shape index (κ1) is 18.4. The number of sulfonamides is 1. The maximum atomic E-state index is 13.4. The highest BCUT2D eigenvalue weighted by atomic mass is 32.2. The zero-order chi connectivity index (χ0) is 18.1. The lowest BCUT2D eigenvalue weighted by Gasteiger charge is -2.11. The SMILES string of the molecule is CNS(=O)(=O)c1c(C(=O)OC)sc(C(F)(F)F)c1-c1ccccc1. The minimum Gasteiger partial charge on any atom is -0.465 e. The summed E-state index contributed by atoms with van der Waals surface area (Å²) in [5.41, 5.74) is -0.534. The normalized spacial score (nSPS) is 12.2. The number of hydrogen-bond donors (Lipinski definition) is 1. The number of rotatable bonds is 4. The van der Waals surface area contributed by atoms with Crippen LogP contribution >= 0.6 is 11.3 Å². The number of methoxy groups -OCH3 is 1. The molecule has 0 bridgehead atoms. The second-order valence-corrected chi connectivity index (χ2v) is 7.37. The van der Waals surface area contributed by atoms with Gasteiger partial charge in [0.15, 0.2) is 0 Å². The van der Waals surface area contributed by atoms with Crippen molar-refractivity contribution in [3.63, 3.8) is 0 Å². The van der Waals surface area contributed by atoms with Crippen molar-refractivity contribution in [1.29, 1.82) is 0 Å². The minimum absolute atomic E-state index is 0.0325. The van der Waals surface area contributed by atoms with Gasteiger partial charge in [0, 0.05) is 5.56 Å². The molecule has 0 aliphatic rings.